The molecule has 0 radical (unpaired) electrons. The summed E-state index contributed by atoms with van der Waals surface area (Å²) in [7, 11) is 3.58. The van der Waals surface area contributed by atoms with Gasteiger partial charge in [-0.25, -0.2) is 0 Å². The molecule has 0 saturated carbocycles. The molecule has 84 valence electrons. The summed E-state index contributed by atoms with van der Waals surface area (Å²) in [4.78, 5) is 13.1. The highest BCUT2D eigenvalue weighted by atomic mass is 16.2. The molecule has 14 heavy (non-hydrogen) atoms. The Morgan fingerprint density at radius 2 is 1.93 bits per heavy atom. The molecule has 0 rings (SSSR count). The Morgan fingerprint density at radius 3 is 2.36 bits per heavy atom. The largest absolute Gasteiger partial charge is 0.347 e. The van der Waals surface area contributed by atoms with Crippen LogP contribution in [-0.2, 0) is 4.79 Å². The van der Waals surface area contributed by atoms with Gasteiger partial charge in [0.25, 0.3) is 0 Å². The highest BCUT2D eigenvalue weighted by Crippen LogP contribution is 2.03. The molecular formula is C11H24N2O. The molecule has 0 fully saturated rings. The summed E-state index contributed by atoms with van der Waals surface area (Å²) in [5, 5.41) is 3.26. The number of nitrogens with zero attached hydrogens (tertiary/aromatic N) is 1. The minimum atomic E-state index is -0.0655. The summed E-state index contributed by atoms with van der Waals surface area (Å²) in [5.74, 6) is 0.797. The summed E-state index contributed by atoms with van der Waals surface area (Å²) in [6.07, 6.45) is 2.43. The zero-order chi connectivity index (χ0) is 11.1. The third kappa shape index (κ3) is 5.22. The lowest BCUT2D eigenvalue weighted by molar-refractivity contribution is -0.130. The Kier molecular flexibility index (Phi) is 6.54. The van der Waals surface area contributed by atoms with Gasteiger partial charge in [0, 0.05) is 14.1 Å². The first-order valence-corrected chi connectivity index (χ1v) is 5.43. The Bertz CT molecular complexity index is 169. The van der Waals surface area contributed by atoms with E-state index in [0.29, 0.717) is 5.92 Å². The molecule has 0 aliphatic carbocycles. The normalized spacial score (nSPS) is 14.9. The summed E-state index contributed by atoms with van der Waals surface area (Å²) >= 11 is 0. The van der Waals surface area contributed by atoms with E-state index in [1.54, 1.807) is 19.0 Å². The number of nitrogens with one attached hydrogen (secondary N) is 1. The Balaban J connectivity index is 3.73. The predicted molar refractivity (Wildman–Crippen MR) is 60.2 cm³/mol. The molecule has 0 aromatic carbocycles. The maximum atomic E-state index is 11.5. The fraction of sp³-hybridized carbons (Fsp3) is 0.909. The first-order chi connectivity index (χ1) is 6.49. The van der Waals surface area contributed by atoms with Crippen molar-refractivity contribution in [2.45, 2.75) is 39.7 Å². The zero-order valence-corrected chi connectivity index (χ0v) is 10.1. The lowest BCUT2D eigenvalue weighted by Crippen LogP contribution is -2.42. The molecule has 2 atom stereocenters. The van der Waals surface area contributed by atoms with E-state index in [1.165, 1.54) is 12.8 Å². The molecule has 0 bridgehead atoms. The molecule has 3 nitrogen and oxygen atoms in total. The molecule has 1 amide bonds. The molecule has 0 aromatic heterocycles. The maximum Gasteiger partial charge on any atom is 0.238 e. The zero-order valence-electron chi connectivity index (χ0n) is 10.1. The van der Waals surface area contributed by atoms with Gasteiger partial charge in [-0.05, 0) is 25.8 Å². The molecule has 0 spiro atoms. The van der Waals surface area contributed by atoms with Crippen molar-refractivity contribution < 1.29 is 4.79 Å². The molecule has 2 unspecified atom stereocenters. The van der Waals surface area contributed by atoms with Crippen molar-refractivity contribution in [1.82, 2.24) is 10.2 Å². The van der Waals surface area contributed by atoms with E-state index >= 15 is 0 Å². The van der Waals surface area contributed by atoms with Gasteiger partial charge in [0.1, 0.15) is 0 Å². The highest BCUT2D eigenvalue weighted by Gasteiger charge is 2.14. The second-order valence-electron chi connectivity index (χ2n) is 4.26. The average Bonchev–Trinajstić information content (AvgIpc) is 2.13. The lowest BCUT2D eigenvalue weighted by atomic mass is 10.1. The van der Waals surface area contributed by atoms with Gasteiger partial charge >= 0.3 is 0 Å². The van der Waals surface area contributed by atoms with Crippen LogP contribution in [0.1, 0.15) is 33.6 Å². The van der Waals surface area contributed by atoms with Crippen molar-refractivity contribution in [3.8, 4) is 0 Å². The van der Waals surface area contributed by atoms with Crippen molar-refractivity contribution >= 4 is 5.91 Å². The Hall–Kier alpha value is -0.570. The first kappa shape index (κ1) is 13.4. The SMILES string of the molecule is CCCC(C)CNC(C)C(=O)N(C)C. The summed E-state index contributed by atoms with van der Waals surface area (Å²) in [6.45, 7) is 7.24. The minimum Gasteiger partial charge on any atom is -0.347 e. The molecule has 0 heterocycles. The maximum absolute atomic E-state index is 11.5. The topological polar surface area (TPSA) is 32.3 Å². The van der Waals surface area contributed by atoms with E-state index in [4.69, 9.17) is 0 Å². The van der Waals surface area contributed by atoms with Crippen molar-refractivity contribution in [1.29, 1.82) is 0 Å². The third-order valence-corrected chi connectivity index (χ3v) is 2.37. The number of hydrogen-bond acceptors (Lipinski definition) is 2. The van der Waals surface area contributed by atoms with Gasteiger partial charge in [-0.1, -0.05) is 20.3 Å². The van der Waals surface area contributed by atoms with Crippen LogP contribution in [0.4, 0.5) is 0 Å². The summed E-state index contributed by atoms with van der Waals surface area (Å²) in [5.41, 5.74) is 0. The van der Waals surface area contributed by atoms with Crippen molar-refractivity contribution in [2.75, 3.05) is 20.6 Å². The summed E-state index contributed by atoms with van der Waals surface area (Å²) < 4.78 is 0. The average molecular weight is 200 g/mol. The van der Waals surface area contributed by atoms with E-state index in [-0.39, 0.29) is 11.9 Å². The van der Waals surface area contributed by atoms with E-state index < -0.39 is 0 Å². The Morgan fingerprint density at radius 1 is 1.36 bits per heavy atom. The Labute approximate surface area is 87.9 Å². The molecule has 0 aliphatic rings. The first-order valence-electron chi connectivity index (χ1n) is 5.43. The van der Waals surface area contributed by atoms with Crippen molar-refractivity contribution in [3.63, 3.8) is 0 Å². The van der Waals surface area contributed by atoms with E-state index in [9.17, 15) is 4.79 Å². The van der Waals surface area contributed by atoms with E-state index in [0.717, 1.165) is 6.54 Å². The van der Waals surface area contributed by atoms with Gasteiger partial charge in [0.15, 0.2) is 0 Å². The number of hydrogen-bond donors (Lipinski definition) is 1. The van der Waals surface area contributed by atoms with Crippen molar-refractivity contribution in [2.24, 2.45) is 5.92 Å². The fourth-order valence-corrected chi connectivity index (χ4v) is 1.45. The number of carbonyl (C=O) groups is 1. The second kappa shape index (κ2) is 6.82. The van der Waals surface area contributed by atoms with Gasteiger partial charge in [0.05, 0.1) is 6.04 Å². The van der Waals surface area contributed by atoms with Crippen LogP contribution >= 0.6 is 0 Å². The molecule has 1 N–H and O–H groups in total. The number of amides is 1. The van der Waals surface area contributed by atoms with Crippen LogP contribution in [0, 0.1) is 5.92 Å². The molecule has 3 heteroatoms. The smallest absolute Gasteiger partial charge is 0.238 e. The van der Waals surface area contributed by atoms with Crippen LogP contribution in [-0.4, -0.2) is 37.5 Å². The van der Waals surface area contributed by atoms with Crippen LogP contribution in [0.15, 0.2) is 0 Å². The second-order valence-corrected chi connectivity index (χ2v) is 4.26. The van der Waals surface area contributed by atoms with Gasteiger partial charge in [-0.15, -0.1) is 0 Å². The summed E-state index contributed by atoms with van der Waals surface area (Å²) in [6, 6.07) is -0.0655. The lowest BCUT2D eigenvalue weighted by Gasteiger charge is -2.20. The monoisotopic (exact) mass is 200 g/mol. The fourth-order valence-electron chi connectivity index (χ4n) is 1.45. The van der Waals surface area contributed by atoms with Crippen LogP contribution in [0.2, 0.25) is 0 Å². The van der Waals surface area contributed by atoms with E-state index in [2.05, 4.69) is 19.2 Å². The van der Waals surface area contributed by atoms with Gasteiger partial charge < -0.3 is 10.2 Å². The number of carbonyl (C=O) groups excluding carboxylic acids is 1. The number of likely N-dealkylation sites (N-methyl/N-ethyl adjacent to an activating group) is 1. The minimum absolute atomic E-state index is 0.0655. The molecule has 0 aromatic rings. The van der Waals surface area contributed by atoms with E-state index in [1.807, 2.05) is 6.92 Å². The van der Waals surface area contributed by atoms with Gasteiger partial charge in [-0.2, -0.15) is 0 Å². The van der Waals surface area contributed by atoms with Crippen LogP contribution in [0.5, 0.6) is 0 Å². The molecule has 0 saturated heterocycles. The molecular weight excluding hydrogens is 176 g/mol. The van der Waals surface area contributed by atoms with Gasteiger partial charge in [-0.3, -0.25) is 4.79 Å². The highest BCUT2D eigenvalue weighted by molar-refractivity contribution is 5.80. The van der Waals surface area contributed by atoms with Gasteiger partial charge in [0.2, 0.25) is 5.91 Å². The van der Waals surface area contributed by atoms with Crippen LogP contribution in [0.3, 0.4) is 0 Å². The standard InChI is InChI=1S/C11H24N2O/c1-6-7-9(2)8-12-10(3)11(14)13(4)5/h9-10,12H,6-8H2,1-5H3. The number of rotatable bonds is 6. The van der Waals surface area contributed by atoms with Crippen molar-refractivity contribution in [3.05, 3.63) is 0 Å². The van der Waals surface area contributed by atoms with Crippen LogP contribution in [0.25, 0.3) is 0 Å². The van der Waals surface area contributed by atoms with Crippen LogP contribution < -0.4 is 5.32 Å². The predicted octanol–water partition coefficient (Wildman–Crippen LogP) is 1.49. The third-order valence-electron chi connectivity index (χ3n) is 2.37. The quantitative estimate of drug-likeness (QED) is 0.704. The molecule has 0 aliphatic heterocycles.